The van der Waals surface area contributed by atoms with Crippen LogP contribution in [0.1, 0.15) is 18.1 Å². The predicted octanol–water partition coefficient (Wildman–Crippen LogP) is 4.79. The molecule has 6 nitrogen and oxygen atoms in total. The molecule has 0 aliphatic heterocycles. The Morgan fingerprint density at radius 2 is 1.89 bits per heavy atom. The average Bonchev–Trinajstić information content (AvgIpc) is 2.64. The number of urea groups is 1. The lowest BCUT2D eigenvalue weighted by molar-refractivity contribution is 0.252. The third-order valence-corrected chi connectivity index (χ3v) is 4.23. The Morgan fingerprint density at radius 3 is 2.59 bits per heavy atom. The molecule has 1 aromatic heterocycles. The lowest BCUT2D eigenvalue weighted by Gasteiger charge is -2.13. The molecule has 0 fully saturated rings. The number of aromatic nitrogens is 1. The van der Waals surface area contributed by atoms with Gasteiger partial charge in [0.15, 0.2) is 0 Å². The van der Waals surface area contributed by atoms with Crippen LogP contribution in [0.5, 0.6) is 17.2 Å². The first kappa shape index (κ1) is 18.5. The molecule has 3 aromatic rings. The molecule has 2 aromatic carbocycles. The minimum absolute atomic E-state index is 0.223. The van der Waals surface area contributed by atoms with Crippen molar-refractivity contribution >= 4 is 22.6 Å². The van der Waals surface area contributed by atoms with Crippen molar-refractivity contribution in [2.75, 3.05) is 19.0 Å². The molecule has 2 N–H and O–H groups in total. The number of methoxy groups -OCH3 is 1. The van der Waals surface area contributed by atoms with Gasteiger partial charge in [-0.15, -0.1) is 0 Å². The van der Waals surface area contributed by atoms with Crippen LogP contribution < -0.4 is 20.1 Å². The van der Waals surface area contributed by atoms with E-state index in [2.05, 4.69) is 15.6 Å². The number of nitrogens with one attached hydrogen (secondary N) is 2. The Labute approximate surface area is 158 Å². The van der Waals surface area contributed by atoms with Gasteiger partial charge in [-0.25, -0.2) is 4.79 Å². The molecule has 3 rings (SSSR count). The Balaban J connectivity index is 1.88. The Morgan fingerprint density at radius 1 is 1.07 bits per heavy atom. The standard InChI is InChI=1S/C21H23N3O3/c1-5-22-21(25)24-17-7-6-15(10-13(17)2)27-19-8-9-23-18-12-20(26-4)14(3)11-16(18)19/h6-12H,5H2,1-4H3,(H2,22,24,25). The minimum Gasteiger partial charge on any atom is -0.496 e. The number of amides is 2. The summed E-state index contributed by atoms with van der Waals surface area (Å²) < 4.78 is 11.5. The number of benzene rings is 2. The number of rotatable bonds is 5. The SMILES string of the molecule is CCNC(=O)Nc1ccc(Oc2ccnc3cc(OC)c(C)cc23)cc1C. The maximum absolute atomic E-state index is 11.7. The van der Waals surface area contributed by atoms with E-state index < -0.39 is 0 Å². The number of ether oxygens (including phenoxy) is 2. The average molecular weight is 365 g/mol. The van der Waals surface area contributed by atoms with Gasteiger partial charge >= 0.3 is 6.03 Å². The van der Waals surface area contributed by atoms with Crippen molar-refractivity contribution in [3.63, 3.8) is 0 Å². The molecule has 2 amide bonds. The second-order valence-electron chi connectivity index (χ2n) is 6.21. The zero-order chi connectivity index (χ0) is 19.4. The van der Waals surface area contributed by atoms with Gasteiger partial charge in [0, 0.05) is 29.9 Å². The third kappa shape index (κ3) is 4.11. The lowest BCUT2D eigenvalue weighted by Crippen LogP contribution is -2.28. The van der Waals surface area contributed by atoms with Crippen molar-refractivity contribution < 1.29 is 14.3 Å². The molecule has 6 heteroatoms. The third-order valence-electron chi connectivity index (χ3n) is 4.23. The van der Waals surface area contributed by atoms with Crippen LogP contribution in [0.4, 0.5) is 10.5 Å². The summed E-state index contributed by atoms with van der Waals surface area (Å²) in [6, 6.07) is 11.1. The molecule has 1 heterocycles. The number of carbonyl (C=O) groups excluding carboxylic acids is 1. The van der Waals surface area contributed by atoms with E-state index in [1.165, 1.54) is 0 Å². The highest BCUT2D eigenvalue weighted by molar-refractivity contribution is 5.90. The summed E-state index contributed by atoms with van der Waals surface area (Å²) in [6.45, 7) is 6.36. The molecule has 0 saturated heterocycles. The van der Waals surface area contributed by atoms with Crippen LogP contribution in [0.2, 0.25) is 0 Å². The van der Waals surface area contributed by atoms with E-state index in [1.807, 2.05) is 57.2 Å². The molecule has 0 atom stereocenters. The van der Waals surface area contributed by atoms with Crippen molar-refractivity contribution in [3.8, 4) is 17.2 Å². The van der Waals surface area contributed by atoms with Crippen LogP contribution in [0.3, 0.4) is 0 Å². The topological polar surface area (TPSA) is 72.5 Å². The smallest absolute Gasteiger partial charge is 0.319 e. The Hall–Kier alpha value is -3.28. The quantitative estimate of drug-likeness (QED) is 0.682. The van der Waals surface area contributed by atoms with Gasteiger partial charge in [0.1, 0.15) is 17.2 Å². The van der Waals surface area contributed by atoms with Crippen molar-refractivity contribution in [3.05, 3.63) is 53.7 Å². The number of hydrogen-bond donors (Lipinski definition) is 2. The zero-order valence-electron chi connectivity index (χ0n) is 15.9. The molecule has 0 aliphatic rings. The van der Waals surface area contributed by atoms with E-state index in [1.54, 1.807) is 13.3 Å². The number of pyridine rings is 1. The number of carbonyl (C=O) groups is 1. The van der Waals surface area contributed by atoms with Crippen LogP contribution in [0.25, 0.3) is 10.9 Å². The maximum atomic E-state index is 11.7. The molecule has 0 radical (unpaired) electrons. The highest BCUT2D eigenvalue weighted by atomic mass is 16.5. The fraction of sp³-hybridized carbons (Fsp3) is 0.238. The van der Waals surface area contributed by atoms with Crippen LogP contribution in [-0.4, -0.2) is 24.7 Å². The highest BCUT2D eigenvalue weighted by Crippen LogP contribution is 2.33. The number of nitrogens with zero attached hydrogens (tertiary/aromatic N) is 1. The molecular formula is C21H23N3O3. The molecule has 0 spiro atoms. The van der Waals surface area contributed by atoms with Crippen molar-refractivity contribution in [1.82, 2.24) is 10.3 Å². The van der Waals surface area contributed by atoms with Gasteiger partial charge < -0.3 is 20.1 Å². The molecule has 0 aliphatic carbocycles. The van der Waals surface area contributed by atoms with Crippen LogP contribution in [-0.2, 0) is 0 Å². The van der Waals surface area contributed by atoms with E-state index in [9.17, 15) is 4.79 Å². The summed E-state index contributed by atoms with van der Waals surface area (Å²) in [5.74, 6) is 2.20. The summed E-state index contributed by atoms with van der Waals surface area (Å²) in [7, 11) is 1.65. The van der Waals surface area contributed by atoms with Gasteiger partial charge in [-0.1, -0.05) is 0 Å². The van der Waals surface area contributed by atoms with E-state index >= 15 is 0 Å². The molecule has 0 saturated carbocycles. The summed E-state index contributed by atoms with van der Waals surface area (Å²) in [6.07, 6.45) is 1.71. The molecule has 0 bridgehead atoms. The predicted molar refractivity (Wildman–Crippen MR) is 107 cm³/mol. The normalized spacial score (nSPS) is 10.5. The van der Waals surface area contributed by atoms with Crippen molar-refractivity contribution in [2.24, 2.45) is 0 Å². The number of anilines is 1. The second kappa shape index (κ2) is 7.95. The maximum Gasteiger partial charge on any atom is 0.319 e. The van der Waals surface area contributed by atoms with Crippen LogP contribution in [0, 0.1) is 13.8 Å². The largest absolute Gasteiger partial charge is 0.496 e. The fourth-order valence-corrected chi connectivity index (χ4v) is 2.86. The first-order valence-electron chi connectivity index (χ1n) is 8.78. The minimum atomic E-state index is -0.223. The van der Waals surface area contributed by atoms with Gasteiger partial charge in [0.05, 0.1) is 12.6 Å². The number of hydrogen-bond acceptors (Lipinski definition) is 4. The second-order valence-corrected chi connectivity index (χ2v) is 6.21. The van der Waals surface area contributed by atoms with Gasteiger partial charge in [-0.2, -0.15) is 0 Å². The molecule has 140 valence electrons. The Bertz CT molecular complexity index is 986. The lowest BCUT2D eigenvalue weighted by atomic mass is 10.1. The fourth-order valence-electron chi connectivity index (χ4n) is 2.86. The van der Waals surface area contributed by atoms with Crippen LogP contribution >= 0.6 is 0 Å². The van der Waals surface area contributed by atoms with E-state index in [-0.39, 0.29) is 6.03 Å². The summed E-state index contributed by atoms with van der Waals surface area (Å²) >= 11 is 0. The summed E-state index contributed by atoms with van der Waals surface area (Å²) in [5, 5.41) is 6.45. The first-order valence-corrected chi connectivity index (χ1v) is 8.78. The molecule has 27 heavy (non-hydrogen) atoms. The monoisotopic (exact) mass is 365 g/mol. The van der Waals surface area contributed by atoms with Gasteiger partial charge in [0.25, 0.3) is 0 Å². The van der Waals surface area contributed by atoms with Gasteiger partial charge in [0.2, 0.25) is 0 Å². The van der Waals surface area contributed by atoms with Gasteiger partial charge in [-0.05, 0) is 62.2 Å². The van der Waals surface area contributed by atoms with Crippen molar-refractivity contribution in [2.45, 2.75) is 20.8 Å². The highest BCUT2D eigenvalue weighted by Gasteiger charge is 2.10. The van der Waals surface area contributed by atoms with Crippen molar-refractivity contribution in [1.29, 1.82) is 0 Å². The molecular weight excluding hydrogens is 342 g/mol. The zero-order valence-corrected chi connectivity index (χ0v) is 15.9. The van der Waals surface area contributed by atoms with E-state index in [4.69, 9.17) is 9.47 Å². The number of fused-ring (bicyclic) bond motifs is 1. The van der Waals surface area contributed by atoms with E-state index in [0.29, 0.717) is 12.3 Å². The summed E-state index contributed by atoms with van der Waals surface area (Å²) in [4.78, 5) is 16.1. The van der Waals surface area contributed by atoms with E-state index in [0.717, 1.165) is 39.2 Å². The number of aryl methyl sites for hydroxylation is 2. The van der Waals surface area contributed by atoms with Crippen LogP contribution in [0.15, 0.2) is 42.6 Å². The first-order chi connectivity index (χ1) is 13.0. The molecule has 0 unspecified atom stereocenters. The van der Waals surface area contributed by atoms with Gasteiger partial charge in [-0.3, -0.25) is 4.98 Å². The summed E-state index contributed by atoms with van der Waals surface area (Å²) in [5.41, 5.74) is 3.48. The Kier molecular flexibility index (Phi) is 5.45.